The highest BCUT2D eigenvalue weighted by molar-refractivity contribution is 7.92. The van der Waals surface area contributed by atoms with Crippen LogP contribution in [0.2, 0.25) is 0 Å². The van der Waals surface area contributed by atoms with Gasteiger partial charge in [0.1, 0.15) is 0 Å². The molecular weight excluding hydrogens is 350 g/mol. The molecule has 2 aromatic rings. The third kappa shape index (κ3) is 4.11. The lowest BCUT2D eigenvalue weighted by molar-refractivity contribution is -0.132. The summed E-state index contributed by atoms with van der Waals surface area (Å²) in [7, 11) is -3.35. The number of amides is 1. The van der Waals surface area contributed by atoms with E-state index in [-0.39, 0.29) is 11.9 Å². The van der Waals surface area contributed by atoms with Crippen molar-refractivity contribution in [2.45, 2.75) is 25.8 Å². The Labute approximate surface area is 153 Å². The maximum absolute atomic E-state index is 12.4. The van der Waals surface area contributed by atoms with Crippen molar-refractivity contribution < 1.29 is 13.2 Å². The van der Waals surface area contributed by atoms with Gasteiger partial charge >= 0.3 is 0 Å². The predicted molar refractivity (Wildman–Crippen MR) is 102 cm³/mol. The largest absolute Gasteiger partial charge is 0.284 e. The number of nitrogens with one attached hydrogen (secondary N) is 1. The first kappa shape index (κ1) is 18.1. The topological polar surface area (TPSA) is 78.8 Å². The number of carbonyl (C=O) groups is 1. The molecule has 0 bridgehead atoms. The summed E-state index contributed by atoms with van der Waals surface area (Å²) in [5.74, 6) is -0.0423. The summed E-state index contributed by atoms with van der Waals surface area (Å²) in [5.41, 5.74) is 3.06. The van der Waals surface area contributed by atoms with E-state index in [4.69, 9.17) is 0 Å². The van der Waals surface area contributed by atoms with Gasteiger partial charge in [-0.05, 0) is 23.3 Å². The van der Waals surface area contributed by atoms with Crippen LogP contribution in [0.3, 0.4) is 0 Å². The van der Waals surface area contributed by atoms with Crippen LogP contribution < -0.4 is 4.72 Å². The molecule has 0 spiro atoms. The van der Waals surface area contributed by atoms with Gasteiger partial charge in [-0.2, -0.15) is 5.10 Å². The zero-order chi connectivity index (χ0) is 18.7. The number of anilines is 1. The number of benzene rings is 2. The van der Waals surface area contributed by atoms with Crippen molar-refractivity contribution in [1.82, 2.24) is 5.01 Å². The van der Waals surface area contributed by atoms with E-state index in [1.807, 2.05) is 43.3 Å². The second-order valence-corrected chi connectivity index (χ2v) is 7.97. The van der Waals surface area contributed by atoms with E-state index in [2.05, 4.69) is 9.82 Å². The molecule has 3 rings (SSSR count). The van der Waals surface area contributed by atoms with Gasteiger partial charge in [0, 0.05) is 18.5 Å². The number of hydrazone groups is 1. The highest BCUT2D eigenvalue weighted by Gasteiger charge is 2.32. The quantitative estimate of drug-likeness (QED) is 0.877. The fraction of sp³-hybridized carbons (Fsp3) is 0.263. The van der Waals surface area contributed by atoms with Crippen LogP contribution >= 0.6 is 0 Å². The minimum atomic E-state index is -3.35. The van der Waals surface area contributed by atoms with Crippen molar-refractivity contribution in [1.29, 1.82) is 0 Å². The van der Waals surface area contributed by atoms with Crippen molar-refractivity contribution in [3.63, 3.8) is 0 Å². The Morgan fingerprint density at radius 2 is 1.92 bits per heavy atom. The van der Waals surface area contributed by atoms with Crippen LogP contribution in [0.25, 0.3) is 0 Å². The minimum absolute atomic E-state index is 0.0423. The maximum Gasteiger partial charge on any atom is 0.242 e. The van der Waals surface area contributed by atoms with Gasteiger partial charge in [-0.15, -0.1) is 0 Å². The number of hydrogen-bond acceptors (Lipinski definition) is 4. The summed E-state index contributed by atoms with van der Waals surface area (Å²) in [6, 6.07) is 16.7. The highest BCUT2D eigenvalue weighted by atomic mass is 32.2. The lowest BCUT2D eigenvalue weighted by Crippen LogP contribution is -2.26. The van der Waals surface area contributed by atoms with Gasteiger partial charge in [0.25, 0.3) is 0 Å². The molecule has 136 valence electrons. The molecular formula is C19H21N3O3S. The van der Waals surface area contributed by atoms with E-state index in [1.54, 1.807) is 23.2 Å². The summed E-state index contributed by atoms with van der Waals surface area (Å²) >= 11 is 0. The lowest BCUT2D eigenvalue weighted by Gasteiger charge is -2.21. The molecule has 1 unspecified atom stereocenters. The molecule has 6 nitrogen and oxygen atoms in total. The van der Waals surface area contributed by atoms with Crippen LogP contribution in [-0.4, -0.2) is 31.3 Å². The first-order chi connectivity index (χ1) is 12.4. The fourth-order valence-corrected chi connectivity index (χ4v) is 3.54. The van der Waals surface area contributed by atoms with E-state index >= 15 is 0 Å². The van der Waals surface area contributed by atoms with Gasteiger partial charge in [0.05, 0.1) is 18.0 Å². The SMILES string of the molecule is CCC(=O)N1N=C(c2cccc(NS(C)(=O)=O)c2)CC1c1ccccc1. The molecule has 1 aliphatic heterocycles. The molecule has 1 aliphatic rings. The smallest absolute Gasteiger partial charge is 0.242 e. The van der Waals surface area contributed by atoms with Crippen LogP contribution in [0.4, 0.5) is 5.69 Å². The second kappa shape index (κ2) is 7.29. The van der Waals surface area contributed by atoms with Crippen LogP contribution in [0.15, 0.2) is 59.7 Å². The Morgan fingerprint density at radius 1 is 1.19 bits per heavy atom. The summed E-state index contributed by atoms with van der Waals surface area (Å²) in [6.07, 6.45) is 2.06. The van der Waals surface area contributed by atoms with Crippen LogP contribution in [0.1, 0.15) is 36.9 Å². The van der Waals surface area contributed by atoms with E-state index in [0.29, 0.717) is 18.5 Å². The summed E-state index contributed by atoms with van der Waals surface area (Å²) in [5, 5.41) is 6.09. The lowest BCUT2D eigenvalue weighted by atomic mass is 9.98. The summed E-state index contributed by atoms with van der Waals surface area (Å²) in [4.78, 5) is 12.4. The molecule has 0 saturated heterocycles. The average Bonchev–Trinajstić information content (AvgIpc) is 3.06. The van der Waals surface area contributed by atoms with Crippen molar-refractivity contribution in [2.75, 3.05) is 11.0 Å². The zero-order valence-corrected chi connectivity index (χ0v) is 15.5. The highest BCUT2D eigenvalue weighted by Crippen LogP contribution is 2.33. The Bertz CT molecular complexity index is 940. The predicted octanol–water partition coefficient (Wildman–Crippen LogP) is 3.15. The molecule has 0 fully saturated rings. The van der Waals surface area contributed by atoms with Crippen molar-refractivity contribution in [2.24, 2.45) is 5.10 Å². The number of nitrogens with zero attached hydrogens (tertiary/aromatic N) is 2. The van der Waals surface area contributed by atoms with Gasteiger partial charge in [0.15, 0.2) is 0 Å². The normalized spacial score (nSPS) is 17.1. The Kier molecular flexibility index (Phi) is 5.08. The molecule has 1 atom stereocenters. The summed E-state index contributed by atoms with van der Waals surface area (Å²) in [6.45, 7) is 1.81. The van der Waals surface area contributed by atoms with Gasteiger partial charge < -0.3 is 0 Å². The number of hydrogen-bond donors (Lipinski definition) is 1. The Balaban J connectivity index is 1.93. The van der Waals surface area contributed by atoms with Crippen LogP contribution in [-0.2, 0) is 14.8 Å². The molecule has 2 aromatic carbocycles. The number of carbonyl (C=O) groups excluding carboxylic acids is 1. The molecule has 26 heavy (non-hydrogen) atoms. The molecule has 1 heterocycles. The van der Waals surface area contributed by atoms with Gasteiger partial charge in [-0.3, -0.25) is 9.52 Å². The average molecular weight is 371 g/mol. The molecule has 0 aliphatic carbocycles. The Morgan fingerprint density at radius 3 is 2.58 bits per heavy atom. The number of rotatable bonds is 5. The minimum Gasteiger partial charge on any atom is -0.284 e. The Hall–Kier alpha value is -2.67. The van der Waals surface area contributed by atoms with E-state index < -0.39 is 10.0 Å². The molecule has 0 radical (unpaired) electrons. The second-order valence-electron chi connectivity index (χ2n) is 6.22. The van der Waals surface area contributed by atoms with Gasteiger partial charge in [-0.25, -0.2) is 13.4 Å². The molecule has 0 aromatic heterocycles. The summed E-state index contributed by atoms with van der Waals surface area (Å²) < 4.78 is 25.4. The fourth-order valence-electron chi connectivity index (χ4n) is 2.99. The molecule has 0 saturated carbocycles. The van der Waals surface area contributed by atoms with Crippen molar-refractivity contribution in [3.8, 4) is 0 Å². The molecule has 7 heteroatoms. The molecule has 1 amide bonds. The molecule has 1 N–H and O–H groups in total. The first-order valence-electron chi connectivity index (χ1n) is 8.40. The van der Waals surface area contributed by atoms with E-state index in [1.165, 1.54) is 0 Å². The van der Waals surface area contributed by atoms with Gasteiger partial charge in [-0.1, -0.05) is 49.4 Å². The third-order valence-electron chi connectivity index (χ3n) is 4.15. The zero-order valence-electron chi connectivity index (χ0n) is 14.7. The van der Waals surface area contributed by atoms with Crippen LogP contribution in [0.5, 0.6) is 0 Å². The first-order valence-corrected chi connectivity index (χ1v) is 10.3. The maximum atomic E-state index is 12.4. The standard InChI is InChI=1S/C19H21N3O3S/c1-3-19(23)22-18(14-8-5-4-6-9-14)13-17(20-22)15-10-7-11-16(12-15)21-26(2,24)25/h4-12,18,21H,3,13H2,1-2H3. The number of sulfonamides is 1. The van der Waals surface area contributed by atoms with Crippen molar-refractivity contribution >= 4 is 27.3 Å². The van der Waals surface area contributed by atoms with E-state index in [0.717, 1.165) is 23.1 Å². The third-order valence-corrected chi connectivity index (χ3v) is 4.76. The van der Waals surface area contributed by atoms with Crippen LogP contribution in [0, 0.1) is 0 Å². The van der Waals surface area contributed by atoms with Gasteiger partial charge in [0.2, 0.25) is 15.9 Å². The van der Waals surface area contributed by atoms with Crippen molar-refractivity contribution in [3.05, 3.63) is 65.7 Å². The monoisotopic (exact) mass is 371 g/mol. The van der Waals surface area contributed by atoms with E-state index in [9.17, 15) is 13.2 Å².